The molecule has 1 aromatic heterocycles. The number of hydrogen-bond donors (Lipinski definition) is 1. The quantitative estimate of drug-likeness (QED) is 0.943. The maximum atomic E-state index is 10.7. The van der Waals surface area contributed by atoms with Crippen molar-refractivity contribution in [3.05, 3.63) is 39.3 Å². The van der Waals surface area contributed by atoms with Crippen LogP contribution in [0.1, 0.15) is 10.6 Å². The van der Waals surface area contributed by atoms with Gasteiger partial charge in [0.15, 0.2) is 0 Å². The highest BCUT2D eigenvalue weighted by Crippen LogP contribution is 2.29. The van der Waals surface area contributed by atoms with E-state index >= 15 is 0 Å². The predicted molar refractivity (Wildman–Crippen MR) is 71.3 cm³/mol. The molecule has 1 N–H and O–H groups in total. The van der Waals surface area contributed by atoms with Crippen LogP contribution < -0.4 is 0 Å². The number of nitrogens with zero attached hydrogens (tertiary/aromatic N) is 1. The standard InChI is InChI=1S/C12H10BrNO2S/c1-7-10(6-11(15)16)17-12(14-7)8-3-2-4-9(13)5-8/h2-5H,6H2,1H3,(H,15,16). The summed E-state index contributed by atoms with van der Waals surface area (Å²) in [5, 5.41) is 9.65. The molecule has 3 nitrogen and oxygen atoms in total. The summed E-state index contributed by atoms with van der Waals surface area (Å²) in [6, 6.07) is 7.82. The van der Waals surface area contributed by atoms with Gasteiger partial charge in [0.1, 0.15) is 5.01 Å². The lowest BCUT2D eigenvalue weighted by atomic mass is 10.2. The maximum Gasteiger partial charge on any atom is 0.308 e. The molecule has 0 aliphatic rings. The lowest BCUT2D eigenvalue weighted by Gasteiger charge is -1.95. The smallest absolute Gasteiger partial charge is 0.308 e. The summed E-state index contributed by atoms with van der Waals surface area (Å²) in [4.78, 5) is 15.9. The van der Waals surface area contributed by atoms with E-state index in [1.54, 1.807) is 0 Å². The van der Waals surface area contributed by atoms with Crippen molar-refractivity contribution in [2.75, 3.05) is 0 Å². The average Bonchev–Trinajstić information content (AvgIpc) is 2.59. The fourth-order valence-electron chi connectivity index (χ4n) is 1.47. The molecule has 0 spiro atoms. The van der Waals surface area contributed by atoms with Crippen LogP contribution in [0.2, 0.25) is 0 Å². The minimum Gasteiger partial charge on any atom is -0.481 e. The molecule has 17 heavy (non-hydrogen) atoms. The zero-order valence-corrected chi connectivity index (χ0v) is 11.5. The molecule has 2 rings (SSSR count). The normalized spacial score (nSPS) is 10.5. The number of aryl methyl sites for hydroxylation is 1. The molecule has 0 atom stereocenters. The van der Waals surface area contributed by atoms with Crippen LogP contribution in [0, 0.1) is 6.92 Å². The second kappa shape index (κ2) is 4.98. The number of thiazole rings is 1. The first-order valence-corrected chi connectivity index (χ1v) is 6.61. The Morgan fingerprint density at radius 3 is 2.94 bits per heavy atom. The van der Waals surface area contributed by atoms with Gasteiger partial charge in [0.25, 0.3) is 0 Å². The highest BCUT2D eigenvalue weighted by Gasteiger charge is 2.12. The Labute approximate surface area is 111 Å². The van der Waals surface area contributed by atoms with Crippen molar-refractivity contribution in [1.29, 1.82) is 0 Å². The lowest BCUT2D eigenvalue weighted by Crippen LogP contribution is -1.99. The van der Waals surface area contributed by atoms with E-state index in [2.05, 4.69) is 20.9 Å². The summed E-state index contributed by atoms with van der Waals surface area (Å²) in [6.45, 7) is 1.84. The maximum absolute atomic E-state index is 10.7. The first-order chi connectivity index (χ1) is 8.06. The van der Waals surface area contributed by atoms with Crippen molar-refractivity contribution in [2.24, 2.45) is 0 Å². The Morgan fingerprint density at radius 1 is 1.53 bits per heavy atom. The van der Waals surface area contributed by atoms with Crippen molar-refractivity contribution in [1.82, 2.24) is 4.98 Å². The largest absolute Gasteiger partial charge is 0.481 e. The minimum absolute atomic E-state index is 0.0392. The van der Waals surface area contributed by atoms with Crippen LogP contribution in [0.4, 0.5) is 0 Å². The monoisotopic (exact) mass is 311 g/mol. The number of carboxylic acid groups (broad SMARTS) is 1. The molecule has 0 saturated carbocycles. The first-order valence-electron chi connectivity index (χ1n) is 5.00. The van der Waals surface area contributed by atoms with Gasteiger partial charge in [-0.15, -0.1) is 11.3 Å². The number of carboxylic acids is 1. The molecule has 1 aromatic carbocycles. The van der Waals surface area contributed by atoms with E-state index in [1.165, 1.54) is 11.3 Å². The third-order valence-electron chi connectivity index (χ3n) is 2.28. The Kier molecular flexibility index (Phi) is 3.59. The molecule has 0 saturated heterocycles. The molecular weight excluding hydrogens is 302 g/mol. The third-order valence-corrected chi connectivity index (χ3v) is 3.98. The number of aromatic nitrogens is 1. The van der Waals surface area contributed by atoms with Gasteiger partial charge < -0.3 is 5.11 Å². The van der Waals surface area contributed by atoms with Gasteiger partial charge in [-0.2, -0.15) is 0 Å². The van der Waals surface area contributed by atoms with Gasteiger partial charge in [0.2, 0.25) is 0 Å². The van der Waals surface area contributed by atoms with E-state index in [0.717, 1.165) is 25.6 Å². The van der Waals surface area contributed by atoms with Gasteiger partial charge in [-0.05, 0) is 19.1 Å². The Bertz CT molecular complexity index is 565. The average molecular weight is 312 g/mol. The highest BCUT2D eigenvalue weighted by molar-refractivity contribution is 9.10. The minimum atomic E-state index is -0.822. The van der Waals surface area contributed by atoms with Gasteiger partial charge in [-0.1, -0.05) is 28.1 Å². The molecule has 0 radical (unpaired) electrons. The molecule has 0 bridgehead atoms. The third kappa shape index (κ3) is 2.92. The highest BCUT2D eigenvalue weighted by atomic mass is 79.9. The van der Waals surface area contributed by atoms with Crippen molar-refractivity contribution in [3.63, 3.8) is 0 Å². The number of halogens is 1. The Balaban J connectivity index is 2.37. The van der Waals surface area contributed by atoms with Crippen LogP contribution in [0.15, 0.2) is 28.7 Å². The number of rotatable bonds is 3. The molecule has 0 aliphatic carbocycles. The number of aliphatic carboxylic acids is 1. The van der Waals surface area contributed by atoms with E-state index in [-0.39, 0.29) is 6.42 Å². The van der Waals surface area contributed by atoms with Crippen molar-refractivity contribution in [3.8, 4) is 10.6 Å². The van der Waals surface area contributed by atoms with E-state index in [9.17, 15) is 4.79 Å². The van der Waals surface area contributed by atoms with Gasteiger partial charge in [-0.25, -0.2) is 4.98 Å². The van der Waals surface area contributed by atoms with Gasteiger partial charge in [0, 0.05) is 14.9 Å². The zero-order valence-electron chi connectivity index (χ0n) is 9.11. The molecule has 1 heterocycles. The fourth-order valence-corrected chi connectivity index (χ4v) is 2.92. The molecule has 0 aliphatic heterocycles. The van der Waals surface area contributed by atoms with Crippen LogP contribution in [-0.2, 0) is 11.2 Å². The Hall–Kier alpha value is -1.20. The summed E-state index contributed by atoms with van der Waals surface area (Å²) in [6.07, 6.45) is 0.0392. The zero-order chi connectivity index (χ0) is 12.4. The van der Waals surface area contributed by atoms with Gasteiger partial charge >= 0.3 is 5.97 Å². The summed E-state index contributed by atoms with van der Waals surface area (Å²) in [5.74, 6) is -0.822. The van der Waals surface area contributed by atoms with Crippen LogP contribution in [0.5, 0.6) is 0 Å². The number of carbonyl (C=O) groups is 1. The van der Waals surface area contributed by atoms with E-state index in [4.69, 9.17) is 5.11 Å². The SMILES string of the molecule is Cc1nc(-c2cccc(Br)c2)sc1CC(=O)O. The van der Waals surface area contributed by atoms with Gasteiger partial charge in [0.05, 0.1) is 12.1 Å². The van der Waals surface area contributed by atoms with E-state index < -0.39 is 5.97 Å². The lowest BCUT2D eigenvalue weighted by molar-refractivity contribution is -0.136. The number of hydrogen-bond acceptors (Lipinski definition) is 3. The molecule has 2 aromatic rings. The summed E-state index contributed by atoms with van der Waals surface area (Å²) < 4.78 is 0.989. The fraction of sp³-hybridized carbons (Fsp3) is 0.167. The summed E-state index contributed by atoms with van der Waals surface area (Å²) in [5.41, 5.74) is 1.80. The summed E-state index contributed by atoms with van der Waals surface area (Å²) >= 11 is 4.84. The summed E-state index contributed by atoms with van der Waals surface area (Å²) in [7, 11) is 0. The van der Waals surface area contributed by atoms with Crippen LogP contribution in [0.25, 0.3) is 10.6 Å². The topological polar surface area (TPSA) is 50.2 Å². The molecule has 0 fully saturated rings. The molecule has 0 unspecified atom stereocenters. The van der Waals surface area contributed by atoms with Crippen molar-refractivity contribution in [2.45, 2.75) is 13.3 Å². The molecule has 88 valence electrons. The van der Waals surface area contributed by atoms with E-state index in [0.29, 0.717) is 0 Å². The second-order valence-corrected chi connectivity index (χ2v) is 5.61. The van der Waals surface area contributed by atoms with Gasteiger partial charge in [-0.3, -0.25) is 4.79 Å². The molecule has 0 amide bonds. The van der Waals surface area contributed by atoms with Crippen LogP contribution in [0.3, 0.4) is 0 Å². The van der Waals surface area contributed by atoms with Crippen molar-refractivity contribution < 1.29 is 9.90 Å². The number of benzene rings is 1. The van der Waals surface area contributed by atoms with Crippen LogP contribution >= 0.6 is 27.3 Å². The molecular formula is C12H10BrNO2S. The second-order valence-electron chi connectivity index (χ2n) is 3.61. The first kappa shape index (κ1) is 12.3. The molecule has 5 heteroatoms. The van der Waals surface area contributed by atoms with Crippen molar-refractivity contribution >= 4 is 33.2 Å². The van der Waals surface area contributed by atoms with Crippen LogP contribution in [-0.4, -0.2) is 16.1 Å². The Morgan fingerprint density at radius 2 is 2.29 bits per heavy atom. The predicted octanol–water partition coefficient (Wildman–Crippen LogP) is 3.51. The van der Waals surface area contributed by atoms with E-state index in [1.807, 2.05) is 31.2 Å².